The van der Waals surface area contributed by atoms with Gasteiger partial charge < -0.3 is 15.2 Å². The van der Waals surface area contributed by atoms with E-state index in [2.05, 4.69) is 5.32 Å². The van der Waals surface area contributed by atoms with Gasteiger partial charge in [0.1, 0.15) is 5.75 Å². The van der Waals surface area contributed by atoms with Gasteiger partial charge in [0.05, 0.1) is 5.56 Å². The van der Waals surface area contributed by atoms with E-state index in [9.17, 15) is 14.7 Å². The fourth-order valence-electron chi connectivity index (χ4n) is 2.38. The van der Waals surface area contributed by atoms with Crippen molar-refractivity contribution in [2.45, 2.75) is 38.8 Å². The number of amides is 1. The topological polar surface area (TPSA) is 75.6 Å². The lowest BCUT2D eigenvalue weighted by atomic mass is 10.1. The molecule has 0 saturated heterocycles. The monoisotopic (exact) mass is 341 g/mol. The molecule has 2 aromatic carbocycles. The number of carbonyl (C=O) groups excluding carboxylic acids is 2. The summed E-state index contributed by atoms with van der Waals surface area (Å²) in [6.07, 6.45) is 0.747. The SMILES string of the molecule is C[C@H](CCc1ccccc1)NC(=O)[C@H](C)OC(=O)c1cccc(O)c1. The molecule has 0 fully saturated rings. The predicted molar refractivity (Wildman–Crippen MR) is 95.4 cm³/mol. The molecule has 0 aliphatic rings. The number of ether oxygens (including phenoxy) is 1. The molecule has 0 aliphatic heterocycles. The summed E-state index contributed by atoms with van der Waals surface area (Å²) in [5, 5.41) is 12.2. The Hall–Kier alpha value is -2.82. The van der Waals surface area contributed by atoms with Crippen molar-refractivity contribution in [1.82, 2.24) is 5.32 Å². The van der Waals surface area contributed by atoms with Crippen LogP contribution in [0.15, 0.2) is 54.6 Å². The van der Waals surface area contributed by atoms with Gasteiger partial charge in [-0.15, -0.1) is 0 Å². The molecule has 0 heterocycles. The number of rotatable bonds is 7. The number of hydrogen-bond acceptors (Lipinski definition) is 4. The first-order valence-corrected chi connectivity index (χ1v) is 8.30. The Labute approximate surface area is 147 Å². The van der Waals surface area contributed by atoms with Gasteiger partial charge in [0.25, 0.3) is 5.91 Å². The number of aromatic hydroxyl groups is 1. The highest BCUT2D eigenvalue weighted by molar-refractivity contribution is 5.92. The average Bonchev–Trinajstić information content (AvgIpc) is 2.60. The lowest BCUT2D eigenvalue weighted by molar-refractivity contribution is -0.129. The van der Waals surface area contributed by atoms with Crippen molar-refractivity contribution in [3.63, 3.8) is 0 Å². The summed E-state index contributed by atoms with van der Waals surface area (Å²) in [7, 11) is 0. The number of nitrogens with one attached hydrogen (secondary N) is 1. The van der Waals surface area contributed by atoms with Gasteiger partial charge in [-0.05, 0) is 50.5 Å². The maximum Gasteiger partial charge on any atom is 0.339 e. The largest absolute Gasteiger partial charge is 0.508 e. The van der Waals surface area contributed by atoms with E-state index >= 15 is 0 Å². The zero-order valence-electron chi connectivity index (χ0n) is 14.4. The van der Waals surface area contributed by atoms with Crippen LogP contribution in [0, 0.1) is 0 Å². The van der Waals surface area contributed by atoms with Crippen LogP contribution in [-0.2, 0) is 16.0 Å². The first-order valence-electron chi connectivity index (χ1n) is 8.30. The van der Waals surface area contributed by atoms with Gasteiger partial charge in [-0.25, -0.2) is 4.79 Å². The zero-order valence-corrected chi connectivity index (χ0v) is 14.4. The second-order valence-corrected chi connectivity index (χ2v) is 6.03. The minimum Gasteiger partial charge on any atom is -0.508 e. The van der Waals surface area contributed by atoms with E-state index in [-0.39, 0.29) is 23.3 Å². The van der Waals surface area contributed by atoms with Crippen molar-refractivity contribution < 1.29 is 19.4 Å². The molecule has 2 N–H and O–H groups in total. The first-order chi connectivity index (χ1) is 12.0. The van der Waals surface area contributed by atoms with E-state index < -0.39 is 12.1 Å². The van der Waals surface area contributed by atoms with Crippen LogP contribution < -0.4 is 5.32 Å². The second kappa shape index (κ2) is 8.87. The van der Waals surface area contributed by atoms with Crippen LogP contribution in [0.25, 0.3) is 0 Å². The molecule has 2 aromatic rings. The Balaban J connectivity index is 1.80. The van der Waals surface area contributed by atoms with Crippen molar-refractivity contribution in [1.29, 1.82) is 0 Å². The van der Waals surface area contributed by atoms with Crippen LogP contribution >= 0.6 is 0 Å². The number of aryl methyl sites for hydroxylation is 1. The molecule has 0 saturated carbocycles. The van der Waals surface area contributed by atoms with E-state index in [4.69, 9.17) is 4.74 Å². The normalized spacial score (nSPS) is 12.9. The summed E-state index contributed by atoms with van der Waals surface area (Å²) in [6.45, 7) is 3.45. The third-order valence-corrected chi connectivity index (χ3v) is 3.83. The molecule has 0 spiro atoms. The lowest BCUT2D eigenvalue weighted by Gasteiger charge is -2.18. The summed E-state index contributed by atoms with van der Waals surface area (Å²) in [6, 6.07) is 15.8. The minimum absolute atomic E-state index is 0.0268. The van der Waals surface area contributed by atoms with Crippen molar-refractivity contribution >= 4 is 11.9 Å². The van der Waals surface area contributed by atoms with Crippen molar-refractivity contribution in [3.05, 3.63) is 65.7 Å². The van der Waals surface area contributed by atoms with Gasteiger partial charge >= 0.3 is 5.97 Å². The van der Waals surface area contributed by atoms with Crippen molar-refractivity contribution in [3.8, 4) is 5.75 Å². The molecule has 0 radical (unpaired) electrons. The van der Waals surface area contributed by atoms with Crippen molar-refractivity contribution in [2.24, 2.45) is 0 Å². The smallest absolute Gasteiger partial charge is 0.339 e. The van der Waals surface area contributed by atoms with Crippen LogP contribution in [-0.4, -0.2) is 29.1 Å². The Morgan fingerprint density at radius 2 is 1.80 bits per heavy atom. The van der Waals surface area contributed by atoms with Crippen LogP contribution in [0.2, 0.25) is 0 Å². The molecule has 132 valence electrons. The number of hydrogen-bond donors (Lipinski definition) is 2. The van der Waals surface area contributed by atoms with Gasteiger partial charge in [-0.3, -0.25) is 4.79 Å². The minimum atomic E-state index is -0.908. The van der Waals surface area contributed by atoms with Crippen LogP contribution in [0.5, 0.6) is 5.75 Å². The summed E-state index contributed by atoms with van der Waals surface area (Å²) in [4.78, 5) is 24.2. The molecule has 0 unspecified atom stereocenters. The fraction of sp³-hybridized carbons (Fsp3) is 0.300. The highest BCUT2D eigenvalue weighted by atomic mass is 16.5. The molecule has 0 aromatic heterocycles. The van der Waals surface area contributed by atoms with E-state index in [0.717, 1.165) is 12.8 Å². The fourth-order valence-corrected chi connectivity index (χ4v) is 2.38. The summed E-state index contributed by atoms with van der Waals surface area (Å²) in [5.74, 6) is -1.01. The van der Waals surface area contributed by atoms with E-state index in [1.165, 1.54) is 30.7 Å². The Morgan fingerprint density at radius 1 is 1.08 bits per heavy atom. The third-order valence-electron chi connectivity index (χ3n) is 3.83. The number of benzene rings is 2. The van der Waals surface area contributed by atoms with Crippen LogP contribution in [0.3, 0.4) is 0 Å². The third kappa shape index (κ3) is 5.95. The molecule has 1 amide bonds. The molecule has 2 atom stereocenters. The van der Waals surface area contributed by atoms with Gasteiger partial charge in [0.2, 0.25) is 0 Å². The molecular formula is C20H23NO4. The number of phenols is 1. The maximum absolute atomic E-state index is 12.2. The quantitative estimate of drug-likeness (QED) is 0.759. The summed E-state index contributed by atoms with van der Waals surface area (Å²) in [5.41, 5.74) is 1.42. The molecule has 2 rings (SSSR count). The van der Waals surface area contributed by atoms with Gasteiger partial charge in [0.15, 0.2) is 6.10 Å². The van der Waals surface area contributed by atoms with E-state index in [0.29, 0.717) is 0 Å². The first kappa shape index (κ1) is 18.5. The molecule has 5 nitrogen and oxygen atoms in total. The lowest BCUT2D eigenvalue weighted by Crippen LogP contribution is -2.41. The van der Waals surface area contributed by atoms with Gasteiger partial charge in [0, 0.05) is 6.04 Å². The second-order valence-electron chi connectivity index (χ2n) is 6.03. The Bertz CT molecular complexity index is 715. The molecule has 0 bridgehead atoms. The Morgan fingerprint density at radius 3 is 2.48 bits per heavy atom. The summed E-state index contributed by atoms with van der Waals surface area (Å²) >= 11 is 0. The number of esters is 1. The molecular weight excluding hydrogens is 318 g/mol. The molecule has 25 heavy (non-hydrogen) atoms. The highest BCUT2D eigenvalue weighted by Crippen LogP contribution is 2.13. The average molecular weight is 341 g/mol. The number of carbonyl (C=O) groups is 2. The number of phenolic OH excluding ortho intramolecular Hbond substituents is 1. The van der Waals surface area contributed by atoms with Gasteiger partial charge in [-0.1, -0.05) is 36.4 Å². The zero-order chi connectivity index (χ0) is 18.2. The summed E-state index contributed by atoms with van der Waals surface area (Å²) < 4.78 is 5.15. The van der Waals surface area contributed by atoms with E-state index in [1.54, 1.807) is 6.07 Å². The Kier molecular flexibility index (Phi) is 6.57. The van der Waals surface area contributed by atoms with E-state index in [1.807, 2.05) is 37.3 Å². The molecule has 5 heteroatoms. The van der Waals surface area contributed by atoms with Crippen molar-refractivity contribution in [2.75, 3.05) is 0 Å². The van der Waals surface area contributed by atoms with Crippen LogP contribution in [0.4, 0.5) is 0 Å². The highest BCUT2D eigenvalue weighted by Gasteiger charge is 2.20. The van der Waals surface area contributed by atoms with Gasteiger partial charge in [-0.2, -0.15) is 0 Å². The maximum atomic E-state index is 12.2. The standard InChI is InChI=1S/C20H23NO4/c1-14(11-12-16-7-4-3-5-8-16)21-19(23)15(2)25-20(24)17-9-6-10-18(22)13-17/h3-10,13-15,22H,11-12H2,1-2H3,(H,21,23)/t14-,15+/m1/s1. The predicted octanol–water partition coefficient (Wildman–Crippen LogP) is 3.08. The molecule has 0 aliphatic carbocycles. The van der Waals surface area contributed by atoms with Crippen LogP contribution in [0.1, 0.15) is 36.2 Å².